The Morgan fingerprint density at radius 1 is 1.00 bits per heavy atom. The molecular formula is C20H15N5. The van der Waals surface area contributed by atoms with Crippen LogP contribution in [-0.4, -0.2) is 0 Å². The third-order valence-corrected chi connectivity index (χ3v) is 5.20. The molecule has 5 heteroatoms. The molecule has 0 saturated carbocycles. The Labute approximate surface area is 146 Å². The van der Waals surface area contributed by atoms with Gasteiger partial charge in [0.15, 0.2) is 5.41 Å². The molecule has 0 unspecified atom stereocenters. The molecule has 1 aromatic carbocycles. The van der Waals surface area contributed by atoms with Crippen molar-refractivity contribution in [3.05, 3.63) is 58.3 Å². The highest BCUT2D eigenvalue weighted by Gasteiger charge is 2.53. The first kappa shape index (κ1) is 16.3. The van der Waals surface area contributed by atoms with E-state index in [9.17, 15) is 15.8 Å². The van der Waals surface area contributed by atoms with Crippen LogP contribution in [-0.2, 0) is 0 Å². The molecule has 0 amide bonds. The molecule has 2 aliphatic rings. The number of rotatable bonds is 1. The van der Waals surface area contributed by atoms with Crippen LogP contribution in [0.3, 0.4) is 0 Å². The van der Waals surface area contributed by atoms with E-state index in [4.69, 9.17) is 11.0 Å². The number of fused-ring (bicyclic) bond motifs is 1. The Hall–Kier alpha value is -3.54. The molecule has 0 saturated heterocycles. The Morgan fingerprint density at radius 3 is 2.24 bits per heavy atom. The monoisotopic (exact) mass is 325 g/mol. The van der Waals surface area contributed by atoms with Gasteiger partial charge >= 0.3 is 0 Å². The molecule has 2 N–H and O–H groups in total. The van der Waals surface area contributed by atoms with Crippen molar-refractivity contribution in [1.29, 1.82) is 21.0 Å². The van der Waals surface area contributed by atoms with Crippen molar-refractivity contribution in [3.8, 4) is 24.3 Å². The first-order chi connectivity index (χ1) is 12.1. The number of nitrogens with two attached hydrogens (primary N) is 1. The predicted octanol–water partition coefficient (Wildman–Crippen LogP) is 3.15. The van der Waals surface area contributed by atoms with Gasteiger partial charge in [-0.15, -0.1) is 0 Å². The number of hydrogen-bond acceptors (Lipinski definition) is 5. The molecule has 0 radical (unpaired) electrons. The molecule has 2 aliphatic carbocycles. The molecule has 25 heavy (non-hydrogen) atoms. The normalized spacial score (nSPS) is 23.9. The highest BCUT2D eigenvalue weighted by Crippen LogP contribution is 2.55. The fraction of sp³-hybridized carbons (Fsp3) is 0.300. The summed E-state index contributed by atoms with van der Waals surface area (Å²) < 4.78 is 0. The lowest BCUT2D eigenvalue weighted by molar-refractivity contribution is 0.317. The van der Waals surface area contributed by atoms with Gasteiger partial charge in [0.1, 0.15) is 6.07 Å². The fourth-order valence-corrected chi connectivity index (χ4v) is 4.01. The number of benzene rings is 1. The van der Waals surface area contributed by atoms with Crippen molar-refractivity contribution in [2.24, 2.45) is 17.1 Å². The largest absolute Gasteiger partial charge is 0.399 e. The summed E-state index contributed by atoms with van der Waals surface area (Å²) in [7, 11) is 0. The zero-order valence-corrected chi connectivity index (χ0v) is 13.5. The third kappa shape index (κ3) is 2.27. The van der Waals surface area contributed by atoms with Crippen LogP contribution in [0.15, 0.2) is 47.2 Å². The number of allylic oxidation sites excluding steroid dienone is 4. The van der Waals surface area contributed by atoms with E-state index in [1.54, 1.807) is 24.3 Å². The van der Waals surface area contributed by atoms with Crippen molar-refractivity contribution in [2.75, 3.05) is 0 Å². The Balaban J connectivity index is 2.29. The first-order valence-electron chi connectivity index (χ1n) is 8.06. The Morgan fingerprint density at radius 2 is 1.68 bits per heavy atom. The zero-order valence-electron chi connectivity index (χ0n) is 13.5. The second-order valence-electron chi connectivity index (χ2n) is 6.34. The van der Waals surface area contributed by atoms with Crippen LogP contribution in [0.25, 0.3) is 0 Å². The van der Waals surface area contributed by atoms with Crippen molar-refractivity contribution < 1.29 is 0 Å². The summed E-state index contributed by atoms with van der Waals surface area (Å²) in [6.45, 7) is 0. The maximum absolute atomic E-state index is 9.88. The minimum absolute atomic E-state index is 0.0405. The smallest absolute Gasteiger partial charge is 0.191 e. The summed E-state index contributed by atoms with van der Waals surface area (Å²) in [6.07, 6.45) is 4.60. The van der Waals surface area contributed by atoms with Crippen molar-refractivity contribution in [2.45, 2.75) is 25.2 Å². The van der Waals surface area contributed by atoms with Crippen LogP contribution in [0.4, 0.5) is 0 Å². The molecule has 0 bridgehead atoms. The van der Waals surface area contributed by atoms with Gasteiger partial charge in [0.05, 0.1) is 35.0 Å². The Kier molecular flexibility index (Phi) is 4.02. The van der Waals surface area contributed by atoms with Crippen LogP contribution in [0.1, 0.15) is 36.3 Å². The topological polar surface area (TPSA) is 121 Å². The van der Waals surface area contributed by atoms with E-state index < -0.39 is 11.3 Å². The SMILES string of the molecule is N#CC1=C(N)C(C#N)(C#N)[C@@H](c2ccc(C#N)cc2)[C@@H]2CCCC=C12. The molecule has 0 heterocycles. The highest BCUT2D eigenvalue weighted by atomic mass is 14.7. The average molecular weight is 325 g/mol. The minimum atomic E-state index is -1.58. The summed E-state index contributed by atoms with van der Waals surface area (Å²) in [5.41, 5.74) is 7.08. The van der Waals surface area contributed by atoms with E-state index in [2.05, 4.69) is 24.3 Å². The molecule has 0 spiro atoms. The zero-order chi connectivity index (χ0) is 18.0. The molecule has 0 aliphatic heterocycles. The van der Waals surface area contributed by atoms with Gasteiger partial charge in [0.2, 0.25) is 0 Å². The second-order valence-corrected chi connectivity index (χ2v) is 6.34. The average Bonchev–Trinajstić information content (AvgIpc) is 2.67. The number of nitrogens with zero attached hydrogens (tertiary/aromatic N) is 4. The van der Waals surface area contributed by atoms with Gasteiger partial charge in [-0.2, -0.15) is 21.0 Å². The molecule has 1 aromatic rings. The number of hydrogen-bond donors (Lipinski definition) is 1. The van der Waals surface area contributed by atoms with E-state index in [1.165, 1.54) is 0 Å². The second kappa shape index (κ2) is 6.16. The molecule has 0 aromatic heterocycles. The van der Waals surface area contributed by atoms with Crippen LogP contribution in [0.2, 0.25) is 0 Å². The van der Waals surface area contributed by atoms with Crippen molar-refractivity contribution >= 4 is 0 Å². The van der Waals surface area contributed by atoms with Gasteiger partial charge in [0, 0.05) is 5.92 Å². The summed E-state index contributed by atoms with van der Waals surface area (Å²) in [4.78, 5) is 0. The van der Waals surface area contributed by atoms with Gasteiger partial charge in [0.25, 0.3) is 0 Å². The lowest BCUT2D eigenvalue weighted by atomic mass is 9.57. The molecule has 0 fully saturated rings. The van der Waals surface area contributed by atoms with E-state index in [1.807, 2.05) is 6.08 Å². The van der Waals surface area contributed by atoms with E-state index >= 15 is 0 Å². The van der Waals surface area contributed by atoms with E-state index in [-0.39, 0.29) is 17.2 Å². The summed E-state index contributed by atoms with van der Waals surface area (Å²) >= 11 is 0. The fourth-order valence-electron chi connectivity index (χ4n) is 4.01. The van der Waals surface area contributed by atoms with Crippen LogP contribution in [0.5, 0.6) is 0 Å². The molecule has 120 valence electrons. The van der Waals surface area contributed by atoms with Gasteiger partial charge in [-0.3, -0.25) is 0 Å². The quantitative estimate of drug-likeness (QED) is 0.850. The standard InChI is InChI=1S/C20H15N5/c21-9-13-5-7-14(8-6-13)18-16-4-2-1-3-15(16)17(10-22)19(25)20(18,11-23)12-24/h3,5-8,16,18H,1-2,4,25H2/t16-,18+/m1/s1. The number of nitriles is 4. The summed E-state index contributed by atoms with van der Waals surface area (Å²) in [5.74, 6) is -0.568. The molecule has 3 rings (SSSR count). The maximum Gasteiger partial charge on any atom is 0.191 e. The van der Waals surface area contributed by atoms with Gasteiger partial charge in [-0.05, 0) is 48.4 Å². The minimum Gasteiger partial charge on any atom is -0.399 e. The highest BCUT2D eigenvalue weighted by molar-refractivity contribution is 5.59. The van der Waals surface area contributed by atoms with E-state index in [0.717, 1.165) is 30.4 Å². The van der Waals surface area contributed by atoms with Crippen molar-refractivity contribution in [1.82, 2.24) is 0 Å². The van der Waals surface area contributed by atoms with Gasteiger partial charge < -0.3 is 5.73 Å². The third-order valence-electron chi connectivity index (χ3n) is 5.20. The van der Waals surface area contributed by atoms with Crippen LogP contribution >= 0.6 is 0 Å². The lowest BCUT2D eigenvalue weighted by Crippen LogP contribution is -2.42. The molecule has 5 nitrogen and oxygen atoms in total. The maximum atomic E-state index is 9.88. The van der Waals surface area contributed by atoms with Crippen LogP contribution in [0, 0.1) is 56.7 Å². The molecular weight excluding hydrogens is 310 g/mol. The molecule has 2 atom stereocenters. The lowest BCUT2D eigenvalue weighted by Gasteiger charge is -2.43. The summed E-state index contributed by atoms with van der Waals surface area (Å²) in [6, 6.07) is 15.3. The van der Waals surface area contributed by atoms with Crippen molar-refractivity contribution in [3.63, 3.8) is 0 Å². The van der Waals surface area contributed by atoms with Crippen LogP contribution < -0.4 is 5.73 Å². The predicted molar refractivity (Wildman–Crippen MR) is 89.8 cm³/mol. The van der Waals surface area contributed by atoms with Gasteiger partial charge in [-0.25, -0.2) is 0 Å². The summed E-state index contributed by atoms with van der Waals surface area (Å²) in [5, 5.41) is 38.3. The first-order valence-corrected chi connectivity index (χ1v) is 8.06. The Bertz CT molecular complexity index is 924. The van der Waals surface area contributed by atoms with E-state index in [0.29, 0.717) is 5.56 Å². The van der Waals surface area contributed by atoms with Gasteiger partial charge in [-0.1, -0.05) is 18.2 Å².